The largest absolute Gasteiger partial charge is 0.466 e. The molecule has 0 aliphatic carbocycles. The Morgan fingerprint density at radius 2 is 0.761 bits per heavy atom. The number of carbonyl (C=O) groups excluding carboxylic acids is 2. The molecule has 516 valence electrons. The Kier molecular flexibility index (Phi) is 62.8. The minimum Gasteiger partial charge on any atom is -0.466 e. The lowest BCUT2D eigenvalue weighted by atomic mass is 9.99. The molecule has 7 atom stereocenters. The number of unbranched alkanes of at least 4 members (excludes halogenated alkanes) is 47. The van der Waals surface area contributed by atoms with Gasteiger partial charge in [0.1, 0.15) is 24.4 Å². The van der Waals surface area contributed by atoms with Crippen molar-refractivity contribution >= 4 is 11.9 Å². The molecule has 0 saturated carbocycles. The molecule has 0 spiro atoms. The molecule has 0 aromatic rings. The van der Waals surface area contributed by atoms with Gasteiger partial charge in [-0.3, -0.25) is 9.59 Å². The summed E-state index contributed by atoms with van der Waals surface area (Å²) in [5.41, 5.74) is 0. The topological polar surface area (TPSA) is 175 Å². The SMILES string of the molecule is CCCCCCC/C=C\CCCCCCCC(=O)OCCCCCCCCCCCCCCC/C=C\C/C=C\CCCCCCCCCCCCCCCCCCCC(=O)NC(COC1OC(CO)C(O)C(O)C1O)C(O)/C=C/CCCCCCCCC. The van der Waals surface area contributed by atoms with Crippen molar-refractivity contribution in [3.63, 3.8) is 0 Å². The van der Waals surface area contributed by atoms with Crippen molar-refractivity contribution in [1.29, 1.82) is 0 Å². The molecule has 1 aliphatic rings. The van der Waals surface area contributed by atoms with Gasteiger partial charge < -0.3 is 45.1 Å². The van der Waals surface area contributed by atoms with Crippen LogP contribution in [0, 0.1) is 0 Å². The van der Waals surface area contributed by atoms with Gasteiger partial charge in [0.25, 0.3) is 0 Å². The zero-order chi connectivity index (χ0) is 63.7. The van der Waals surface area contributed by atoms with Crippen LogP contribution < -0.4 is 5.32 Å². The Morgan fingerprint density at radius 3 is 1.16 bits per heavy atom. The second-order valence-electron chi connectivity index (χ2n) is 26.3. The monoisotopic (exact) mass is 1240 g/mol. The number of nitrogens with one attached hydrogen (secondary N) is 1. The maximum Gasteiger partial charge on any atom is 0.305 e. The van der Waals surface area contributed by atoms with Gasteiger partial charge in [0.15, 0.2) is 6.29 Å². The smallest absolute Gasteiger partial charge is 0.305 e. The molecule has 0 radical (unpaired) electrons. The van der Waals surface area contributed by atoms with Gasteiger partial charge in [0.05, 0.1) is 32.0 Å². The van der Waals surface area contributed by atoms with Crippen LogP contribution in [0.2, 0.25) is 0 Å². The Balaban J connectivity index is 1.88. The molecule has 0 aromatic heterocycles. The van der Waals surface area contributed by atoms with Crippen LogP contribution in [-0.2, 0) is 23.8 Å². The van der Waals surface area contributed by atoms with E-state index in [0.717, 1.165) is 64.2 Å². The molecule has 1 saturated heterocycles. The Labute approximate surface area is 542 Å². The van der Waals surface area contributed by atoms with Crippen LogP contribution in [0.3, 0.4) is 0 Å². The minimum atomic E-state index is -1.57. The summed E-state index contributed by atoms with van der Waals surface area (Å²) < 4.78 is 16.7. The predicted octanol–water partition coefficient (Wildman–Crippen LogP) is 19.9. The van der Waals surface area contributed by atoms with Gasteiger partial charge in [-0.15, -0.1) is 0 Å². The summed E-state index contributed by atoms with van der Waals surface area (Å²) in [5, 5.41) is 54.3. The molecule has 1 heterocycles. The van der Waals surface area contributed by atoms with E-state index in [-0.39, 0.29) is 18.5 Å². The lowest BCUT2D eigenvalue weighted by molar-refractivity contribution is -0.302. The molecule has 1 amide bonds. The normalized spacial score (nSPS) is 18.0. The number of amides is 1. The highest BCUT2D eigenvalue weighted by molar-refractivity contribution is 5.76. The van der Waals surface area contributed by atoms with E-state index < -0.39 is 49.5 Å². The Bertz CT molecular complexity index is 1600. The van der Waals surface area contributed by atoms with Gasteiger partial charge in [-0.1, -0.05) is 313 Å². The highest BCUT2D eigenvalue weighted by Crippen LogP contribution is 2.23. The molecule has 11 nitrogen and oxygen atoms in total. The average Bonchev–Trinajstić information content (AvgIpc) is 3.63. The van der Waals surface area contributed by atoms with Crippen molar-refractivity contribution in [2.24, 2.45) is 0 Å². The average molecular weight is 1240 g/mol. The molecule has 1 aliphatic heterocycles. The van der Waals surface area contributed by atoms with Crippen molar-refractivity contribution < 1.29 is 49.3 Å². The fourth-order valence-corrected chi connectivity index (χ4v) is 11.9. The van der Waals surface area contributed by atoms with Crippen molar-refractivity contribution in [2.45, 2.75) is 410 Å². The van der Waals surface area contributed by atoms with Gasteiger partial charge in [-0.05, 0) is 89.9 Å². The van der Waals surface area contributed by atoms with Crippen LogP contribution in [0.5, 0.6) is 0 Å². The lowest BCUT2D eigenvalue weighted by Gasteiger charge is -2.40. The summed E-state index contributed by atoms with van der Waals surface area (Å²) >= 11 is 0. The minimum absolute atomic E-state index is 0.00414. The molecule has 88 heavy (non-hydrogen) atoms. The molecule has 0 aromatic carbocycles. The summed E-state index contributed by atoms with van der Waals surface area (Å²) in [6.45, 7) is 4.34. The van der Waals surface area contributed by atoms with Crippen LogP contribution in [-0.4, -0.2) is 100 Å². The van der Waals surface area contributed by atoms with E-state index in [1.165, 1.54) is 276 Å². The zero-order valence-electron chi connectivity index (χ0n) is 57.4. The Morgan fingerprint density at radius 1 is 0.420 bits per heavy atom. The third kappa shape index (κ3) is 54.2. The molecule has 1 rings (SSSR count). The maximum atomic E-state index is 13.0. The quantitative estimate of drug-likeness (QED) is 0.0195. The maximum absolute atomic E-state index is 13.0. The predicted molar refractivity (Wildman–Crippen MR) is 370 cm³/mol. The fraction of sp³-hybridized carbons (Fsp3) is 0.870. The van der Waals surface area contributed by atoms with Crippen molar-refractivity contribution in [2.75, 3.05) is 19.8 Å². The highest BCUT2D eigenvalue weighted by Gasteiger charge is 2.44. The Hall–Kier alpha value is -2.38. The zero-order valence-corrected chi connectivity index (χ0v) is 57.4. The molecule has 1 fully saturated rings. The van der Waals surface area contributed by atoms with Gasteiger partial charge in [-0.2, -0.15) is 0 Å². The number of allylic oxidation sites excluding steroid dienone is 7. The van der Waals surface area contributed by atoms with Gasteiger partial charge in [-0.25, -0.2) is 0 Å². The third-order valence-corrected chi connectivity index (χ3v) is 17.9. The van der Waals surface area contributed by atoms with E-state index in [1.807, 2.05) is 6.08 Å². The molecule has 0 bridgehead atoms. The molecular weight excluding hydrogens is 1100 g/mol. The van der Waals surface area contributed by atoms with Crippen molar-refractivity contribution in [1.82, 2.24) is 5.32 Å². The van der Waals surface area contributed by atoms with E-state index in [2.05, 4.69) is 55.6 Å². The van der Waals surface area contributed by atoms with Crippen LogP contribution in [0.4, 0.5) is 0 Å². The second kappa shape index (κ2) is 66.1. The molecule has 11 heteroatoms. The number of aliphatic hydroxyl groups excluding tert-OH is 5. The van der Waals surface area contributed by atoms with Crippen LogP contribution >= 0.6 is 0 Å². The fourth-order valence-electron chi connectivity index (χ4n) is 11.9. The summed E-state index contributed by atoms with van der Waals surface area (Å²) in [6.07, 6.45) is 77.2. The van der Waals surface area contributed by atoms with E-state index in [0.29, 0.717) is 19.4 Å². The van der Waals surface area contributed by atoms with Gasteiger partial charge in [0, 0.05) is 12.8 Å². The van der Waals surface area contributed by atoms with Crippen LogP contribution in [0.25, 0.3) is 0 Å². The van der Waals surface area contributed by atoms with E-state index in [9.17, 15) is 35.1 Å². The summed E-state index contributed by atoms with van der Waals surface area (Å²) in [5.74, 6) is -0.176. The van der Waals surface area contributed by atoms with Crippen LogP contribution in [0.1, 0.15) is 367 Å². The first kappa shape index (κ1) is 83.6. The lowest BCUT2D eigenvalue weighted by Crippen LogP contribution is -2.60. The highest BCUT2D eigenvalue weighted by atomic mass is 16.7. The number of carbonyl (C=O) groups is 2. The number of esters is 1. The van der Waals surface area contributed by atoms with E-state index in [1.54, 1.807) is 6.08 Å². The number of hydrogen-bond donors (Lipinski definition) is 6. The first-order valence-corrected chi connectivity index (χ1v) is 37.9. The number of aliphatic hydroxyl groups is 5. The number of hydrogen-bond acceptors (Lipinski definition) is 10. The van der Waals surface area contributed by atoms with Gasteiger partial charge in [0.2, 0.25) is 5.91 Å². The molecular formula is C77H143NO10. The van der Waals surface area contributed by atoms with Crippen molar-refractivity contribution in [3.8, 4) is 0 Å². The summed E-state index contributed by atoms with van der Waals surface area (Å²) in [4.78, 5) is 25.1. The van der Waals surface area contributed by atoms with E-state index >= 15 is 0 Å². The number of ether oxygens (including phenoxy) is 3. The summed E-state index contributed by atoms with van der Waals surface area (Å²) in [6, 6.07) is -0.807. The third-order valence-electron chi connectivity index (χ3n) is 17.9. The van der Waals surface area contributed by atoms with Crippen LogP contribution in [0.15, 0.2) is 48.6 Å². The van der Waals surface area contributed by atoms with E-state index in [4.69, 9.17) is 14.2 Å². The first-order valence-electron chi connectivity index (χ1n) is 37.9. The van der Waals surface area contributed by atoms with Crippen molar-refractivity contribution in [3.05, 3.63) is 48.6 Å². The molecule has 7 unspecified atom stereocenters. The number of rotatable bonds is 67. The molecule has 6 N–H and O–H groups in total. The second-order valence-corrected chi connectivity index (χ2v) is 26.3. The first-order chi connectivity index (χ1) is 43.2. The van der Waals surface area contributed by atoms with Gasteiger partial charge >= 0.3 is 5.97 Å². The summed E-state index contributed by atoms with van der Waals surface area (Å²) in [7, 11) is 0. The standard InChI is InChI=1S/C77H143NO10/c1-3-5-7-9-11-13-14-15-42-45-49-53-57-61-65-73(82)86-66-62-58-54-50-46-43-40-38-36-34-32-30-28-26-24-22-20-18-16-17-19-21-23-25-27-29-31-33-35-37-39-41-44-48-52-56-60-64-72(81)78-69(70(80)63-59-55-51-47-12-10-8-6-4-2)68-87-77-76(85)75(84)74(83)71(67-79)88-77/h14-16,18,22,24,59,63,69-71,74-77,79-80,83-85H,3-13,17,19-21,23,25-58,60-62,64-68H2,1-2H3,(H,78,81)/b15-14-,18-16-,24-22-,63-59+.